The van der Waals surface area contributed by atoms with E-state index in [2.05, 4.69) is 32.2 Å². The molecule has 0 amide bonds. The average Bonchev–Trinajstić information content (AvgIpc) is 2.85. The Balaban J connectivity index is 1.90. The normalized spacial score (nSPS) is 10.8. The van der Waals surface area contributed by atoms with Crippen LogP contribution < -0.4 is 5.32 Å². The molecular formula is C13H12ClN5. The molecule has 0 atom stereocenters. The molecule has 5 nitrogen and oxygen atoms in total. The average molecular weight is 274 g/mol. The molecule has 0 fully saturated rings. The predicted molar refractivity (Wildman–Crippen MR) is 75.2 cm³/mol. The molecule has 0 radical (unpaired) electrons. The van der Waals surface area contributed by atoms with E-state index >= 15 is 0 Å². The second kappa shape index (κ2) is 4.85. The molecule has 0 saturated heterocycles. The Morgan fingerprint density at radius 3 is 3.05 bits per heavy atom. The van der Waals surface area contributed by atoms with Crippen LogP contribution in [-0.4, -0.2) is 19.9 Å². The van der Waals surface area contributed by atoms with Crippen LogP contribution in [-0.2, 0) is 6.54 Å². The van der Waals surface area contributed by atoms with Gasteiger partial charge in [-0.15, -0.1) is 0 Å². The summed E-state index contributed by atoms with van der Waals surface area (Å²) in [5.74, 6) is 0.722. The minimum atomic E-state index is 0.223. The van der Waals surface area contributed by atoms with Gasteiger partial charge in [0.05, 0.1) is 5.39 Å². The number of hydrogen-bond donors (Lipinski definition) is 2. The lowest BCUT2D eigenvalue weighted by atomic mass is 10.1. The fourth-order valence-electron chi connectivity index (χ4n) is 1.91. The van der Waals surface area contributed by atoms with Gasteiger partial charge in [-0.25, -0.2) is 4.98 Å². The number of fused-ring (bicyclic) bond motifs is 1. The van der Waals surface area contributed by atoms with Gasteiger partial charge in [-0.1, -0.05) is 0 Å². The minimum Gasteiger partial charge on any atom is -0.365 e. The first-order chi connectivity index (χ1) is 9.24. The van der Waals surface area contributed by atoms with Crippen molar-refractivity contribution in [1.29, 1.82) is 0 Å². The summed E-state index contributed by atoms with van der Waals surface area (Å²) in [6, 6.07) is 3.90. The number of pyridine rings is 1. The first-order valence-electron chi connectivity index (χ1n) is 5.88. The molecule has 0 saturated carbocycles. The summed E-state index contributed by atoms with van der Waals surface area (Å²) in [7, 11) is 0. The van der Waals surface area contributed by atoms with Crippen molar-refractivity contribution >= 4 is 28.5 Å². The van der Waals surface area contributed by atoms with Gasteiger partial charge in [0.2, 0.25) is 5.28 Å². The Bertz CT molecular complexity index is 722. The smallest absolute Gasteiger partial charge is 0.226 e. The lowest BCUT2D eigenvalue weighted by Crippen LogP contribution is -2.04. The monoisotopic (exact) mass is 273 g/mol. The van der Waals surface area contributed by atoms with E-state index in [0.29, 0.717) is 6.54 Å². The molecule has 0 unspecified atom stereocenters. The number of nitrogens with zero attached hydrogens (tertiary/aromatic N) is 3. The van der Waals surface area contributed by atoms with E-state index in [1.807, 2.05) is 24.5 Å². The van der Waals surface area contributed by atoms with E-state index in [1.165, 1.54) is 5.56 Å². The number of halogens is 1. The van der Waals surface area contributed by atoms with Crippen molar-refractivity contribution in [3.63, 3.8) is 0 Å². The summed E-state index contributed by atoms with van der Waals surface area (Å²) >= 11 is 5.90. The summed E-state index contributed by atoms with van der Waals surface area (Å²) in [5.41, 5.74) is 3.04. The molecule has 0 aliphatic rings. The van der Waals surface area contributed by atoms with Crippen LogP contribution in [0.1, 0.15) is 11.1 Å². The number of H-pyrrole nitrogens is 1. The third-order valence-electron chi connectivity index (χ3n) is 2.98. The Hall–Kier alpha value is -2.14. The van der Waals surface area contributed by atoms with Crippen molar-refractivity contribution in [3.8, 4) is 0 Å². The van der Waals surface area contributed by atoms with Gasteiger partial charge >= 0.3 is 0 Å². The maximum absolute atomic E-state index is 5.90. The maximum atomic E-state index is 5.90. The van der Waals surface area contributed by atoms with Crippen molar-refractivity contribution < 1.29 is 0 Å². The van der Waals surface area contributed by atoms with Crippen LogP contribution in [0.2, 0.25) is 5.28 Å². The number of nitrogens with one attached hydrogen (secondary N) is 2. The van der Waals surface area contributed by atoms with E-state index in [4.69, 9.17) is 11.6 Å². The number of anilines is 1. The molecule has 96 valence electrons. The van der Waals surface area contributed by atoms with Gasteiger partial charge in [0.15, 0.2) is 0 Å². The third-order valence-corrected chi connectivity index (χ3v) is 3.15. The van der Waals surface area contributed by atoms with Crippen LogP contribution in [0.4, 0.5) is 5.82 Å². The Morgan fingerprint density at radius 2 is 2.21 bits per heavy atom. The topological polar surface area (TPSA) is 66.5 Å². The second-order valence-electron chi connectivity index (χ2n) is 4.24. The highest BCUT2D eigenvalue weighted by atomic mass is 35.5. The molecule has 2 N–H and O–H groups in total. The van der Waals surface area contributed by atoms with Crippen LogP contribution in [0.15, 0.2) is 30.7 Å². The van der Waals surface area contributed by atoms with Crippen molar-refractivity contribution in [2.45, 2.75) is 13.5 Å². The largest absolute Gasteiger partial charge is 0.365 e. The quantitative estimate of drug-likeness (QED) is 0.720. The summed E-state index contributed by atoms with van der Waals surface area (Å²) in [5, 5.41) is 4.42. The summed E-state index contributed by atoms with van der Waals surface area (Å²) in [6.07, 6.45) is 5.44. The molecule has 3 rings (SSSR count). The van der Waals surface area contributed by atoms with Gasteiger partial charge < -0.3 is 10.3 Å². The highest BCUT2D eigenvalue weighted by molar-refractivity contribution is 6.28. The Labute approximate surface area is 115 Å². The fourth-order valence-corrected chi connectivity index (χ4v) is 2.08. The van der Waals surface area contributed by atoms with Crippen molar-refractivity contribution in [3.05, 3.63) is 47.1 Å². The van der Waals surface area contributed by atoms with Crippen LogP contribution in [0.3, 0.4) is 0 Å². The molecule has 0 aliphatic heterocycles. The van der Waals surface area contributed by atoms with E-state index < -0.39 is 0 Å². The molecule has 3 aromatic heterocycles. The van der Waals surface area contributed by atoms with Gasteiger partial charge in [0, 0.05) is 25.1 Å². The van der Waals surface area contributed by atoms with E-state index in [0.717, 1.165) is 22.4 Å². The van der Waals surface area contributed by atoms with Gasteiger partial charge in [-0.05, 0) is 41.8 Å². The molecule has 0 aliphatic carbocycles. The SMILES string of the molecule is Cc1ccncc1CNc1nc(Cl)nc2[nH]ccc12. The highest BCUT2D eigenvalue weighted by Gasteiger charge is 2.07. The number of aromatic nitrogens is 4. The zero-order chi connectivity index (χ0) is 13.2. The van der Waals surface area contributed by atoms with Crippen LogP contribution in [0.5, 0.6) is 0 Å². The van der Waals surface area contributed by atoms with Crippen LogP contribution in [0, 0.1) is 6.92 Å². The molecule has 3 heterocycles. The molecule has 19 heavy (non-hydrogen) atoms. The lowest BCUT2D eigenvalue weighted by molar-refractivity contribution is 1.06. The van der Waals surface area contributed by atoms with Crippen LogP contribution in [0.25, 0.3) is 11.0 Å². The first kappa shape index (κ1) is 11.9. The van der Waals surface area contributed by atoms with E-state index in [-0.39, 0.29) is 5.28 Å². The zero-order valence-corrected chi connectivity index (χ0v) is 11.1. The van der Waals surface area contributed by atoms with E-state index in [1.54, 1.807) is 6.20 Å². The second-order valence-corrected chi connectivity index (χ2v) is 4.57. The number of hydrogen-bond acceptors (Lipinski definition) is 4. The van der Waals surface area contributed by atoms with Gasteiger partial charge in [0.1, 0.15) is 11.5 Å². The number of rotatable bonds is 3. The fraction of sp³-hybridized carbons (Fsp3) is 0.154. The Morgan fingerprint density at radius 1 is 1.32 bits per heavy atom. The molecule has 3 aromatic rings. The highest BCUT2D eigenvalue weighted by Crippen LogP contribution is 2.21. The van der Waals surface area contributed by atoms with Crippen molar-refractivity contribution in [2.24, 2.45) is 0 Å². The van der Waals surface area contributed by atoms with Crippen molar-refractivity contribution in [2.75, 3.05) is 5.32 Å². The molecule has 0 bridgehead atoms. The predicted octanol–water partition coefficient (Wildman–Crippen LogP) is 2.93. The third kappa shape index (κ3) is 2.37. The first-order valence-corrected chi connectivity index (χ1v) is 6.26. The standard InChI is InChI=1S/C13H12ClN5/c1-8-2-4-15-6-9(8)7-17-12-10-3-5-16-11(10)18-13(14)19-12/h2-6H,7H2,1H3,(H2,16,17,18,19). The number of aryl methyl sites for hydroxylation is 1. The molecule has 0 aromatic carbocycles. The molecule has 6 heteroatoms. The number of aromatic amines is 1. The Kier molecular flexibility index (Phi) is 3.05. The summed E-state index contributed by atoms with van der Waals surface area (Å²) < 4.78 is 0. The van der Waals surface area contributed by atoms with Gasteiger partial charge in [0.25, 0.3) is 0 Å². The van der Waals surface area contributed by atoms with Crippen molar-refractivity contribution in [1.82, 2.24) is 19.9 Å². The summed E-state index contributed by atoms with van der Waals surface area (Å²) in [4.78, 5) is 15.5. The van der Waals surface area contributed by atoms with E-state index in [9.17, 15) is 0 Å². The van der Waals surface area contributed by atoms with Gasteiger partial charge in [-0.3, -0.25) is 4.98 Å². The van der Waals surface area contributed by atoms with Crippen LogP contribution >= 0.6 is 11.6 Å². The minimum absolute atomic E-state index is 0.223. The van der Waals surface area contributed by atoms with Gasteiger partial charge in [-0.2, -0.15) is 4.98 Å². The zero-order valence-electron chi connectivity index (χ0n) is 10.3. The lowest BCUT2D eigenvalue weighted by Gasteiger charge is -2.08. The summed E-state index contributed by atoms with van der Waals surface area (Å²) in [6.45, 7) is 2.70. The molecular weight excluding hydrogens is 262 g/mol. The molecule has 0 spiro atoms. The maximum Gasteiger partial charge on any atom is 0.226 e.